The minimum Gasteiger partial charge on any atom is -0.450 e. The maximum absolute atomic E-state index is 11.3. The summed E-state index contributed by atoms with van der Waals surface area (Å²) in [6, 6.07) is 0.231. The molecule has 1 amide bonds. The van der Waals surface area contributed by atoms with Gasteiger partial charge in [-0.15, -0.1) is 0 Å². The van der Waals surface area contributed by atoms with Crippen LogP contribution in [0.5, 0.6) is 0 Å². The molecule has 0 bridgehead atoms. The molecule has 0 radical (unpaired) electrons. The molecule has 0 unspecified atom stereocenters. The first-order valence-electron chi connectivity index (χ1n) is 5.62. The van der Waals surface area contributed by atoms with Crippen molar-refractivity contribution in [2.75, 3.05) is 19.7 Å². The summed E-state index contributed by atoms with van der Waals surface area (Å²) in [5, 5.41) is 6.29. The lowest BCUT2D eigenvalue weighted by atomic mass is 9.83. The number of hydrogen-bond acceptors (Lipinski definition) is 3. The molecule has 84 valence electrons. The molecule has 4 heteroatoms. The molecule has 0 aromatic heterocycles. The molecule has 1 aliphatic heterocycles. The Balaban J connectivity index is 1.91. The maximum atomic E-state index is 11.3. The van der Waals surface area contributed by atoms with Gasteiger partial charge in [-0.25, -0.2) is 4.79 Å². The Morgan fingerprint density at radius 2 is 2.47 bits per heavy atom. The summed E-state index contributed by atoms with van der Waals surface area (Å²) < 4.78 is 4.90. The van der Waals surface area contributed by atoms with Gasteiger partial charge in [-0.05, 0) is 25.2 Å². The first-order valence-corrected chi connectivity index (χ1v) is 5.62. The number of carbonyl (C=O) groups is 1. The van der Waals surface area contributed by atoms with Crippen LogP contribution in [0.4, 0.5) is 4.79 Å². The fourth-order valence-corrected chi connectivity index (χ4v) is 2.44. The van der Waals surface area contributed by atoms with E-state index < -0.39 is 0 Å². The van der Waals surface area contributed by atoms with Crippen molar-refractivity contribution >= 4 is 6.09 Å². The van der Waals surface area contributed by atoms with Crippen LogP contribution >= 0.6 is 0 Å². The van der Waals surface area contributed by atoms with Gasteiger partial charge >= 0.3 is 6.09 Å². The van der Waals surface area contributed by atoms with E-state index in [-0.39, 0.29) is 12.1 Å². The second kappa shape index (κ2) is 4.66. The summed E-state index contributed by atoms with van der Waals surface area (Å²) in [6.07, 6.45) is 5.05. The van der Waals surface area contributed by atoms with E-state index in [2.05, 4.69) is 22.8 Å². The van der Waals surface area contributed by atoms with Crippen molar-refractivity contribution in [3.05, 3.63) is 12.2 Å². The van der Waals surface area contributed by atoms with Gasteiger partial charge in [-0.1, -0.05) is 12.2 Å². The van der Waals surface area contributed by atoms with E-state index in [0.29, 0.717) is 18.4 Å². The number of amides is 1. The number of alkyl carbamates (subject to hydrolysis) is 1. The normalized spacial score (nSPS) is 33.5. The second-order valence-corrected chi connectivity index (χ2v) is 4.12. The Bertz CT molecular complexity index is 265. The number of ether oxygens (including phenoxy) is 1. The third-order valence-corrected chi connectivity index (χ3v) is 3.18. The summed E-state index contributed by atoms with van der Waals surface area (Å²) in [6.45, 7) is 4.27. The molecule has 2 N–H and O–H groups in total. The molecule has 15 heavy (non-hydrogen) atoms. The molecule has 2 rings (SSSR count). The van der Waals surface area contributed by atoms with Crippen molar-refractivity contribution < 1.29 is 9.53 Å². The van der Waals surface area contributed by atoms with E-state index >= 15 is 0 Å². The minimum atomic E-state index is -0.288. The second-order valence-electron chi connectivity index (χ2n) is 4.12. The van der Waals surface area contributed by atoms with Gasteiger partial charge in [0.05, 0.1) is 6.61 Å². The standard InChI is InChI=1S/C11H18N2O2/c1-2-15-11(14)13-10-5-3-4-8-6-12-7-9(8)10/h3-4,8-10,12H,2,5-7H2,1H3,(H,13,14)/t8-,9-,10-/m0/s1. The Labute approximate surface area is 90.1 Å². The maximum Gasteiger partial charge on any atom is 0.407 e. The van der Waals surface area contributed by atoms with E-state index in [1.54, 1.807) is 0 Å². The SMILES string of the molecule is CCOC(=O)N[C@H]1CC=C[C@H]2CNC[C@H]12. The fraction of sp³-hybridized carbons (Fsp3) is 0.727. The molecule has 0 saturated carbocycles. The Hall–Kier alpha value is -1.03. The van der Waals surface area contributed by atoms with Crippen LogP contribution in [-0.4, -0.2) is 31.8 Å². The molecule has 1 aliphatic carbocycles. The highest BCUT2D eigenvalue weighted by Gasteiger charge is 2.34. The monoisotopic (exact) mass is 210 g/mol. The van der Waals surface area contributed by atoms with Crippen molar-refractivity contribution in [2.24, 2.45) is 11.8 Å². The average molecular weight is 210 g/mol. The Morgan fingerprint density at radius 1 is 1.60 bits per heavy atom. The van der Waals surface area contributed by atoms with Crippen molar-refractivity contribution in [2.45, 2.75) is 19.4 Å². The first kappa shape index (κ1) is 10.5. The van der Waals surface area contributed by atoms with E-state index in [0.717, 1.165) is 19.5 Å². The number of nitrogens with one attached hydrogen (secondary N) is 2. The Kier molecular flexibility index (Phi) is 3.26. The smallest absolute Gasteiger partial charge is 0.407 e. The van der Waals surface area contributed by atoms with Gasteiger partial charge in [0.25, 0.3) is 0 Å². The zero-order valence-corrected chi connectivity index (χ0v) is 9.03. The molecular formula is C11H18N2O2. The quantitative estimate of drug-likeness (QED) is 0.666. The fourth-order valence-electron chi connectivity index (χ4n) is 2.44. The van der Waals surface area contributed by atoms with Gasteiger partial charge in [0.2, 0.25) is 0 Å². The lowest BCUT2D eigenvalue weighted by molar-refractivity contribution is 0.142. The molecule has 2 aliphatic rings. The largest absolute Gasteiger partial charge is 0.450 e. The van der Waals surface area contributed by atoms with Gasteiger partial charge in [0, 0.05) is 19.1 Å². The molecule has 1 heterocycles. The van der Waals surface area contributed by atoms with Gasteiger partial charge in [-0.2, -0.15) is 0 Å². The van der Waals surface area contributed by atoms with Crippen LogP contribution < -0.4 is 10.6 Å². The van der Waals surface area contributed by atoms with Gasteiger partial charge in [0.1, 0.15) is 0 Å². The van der Waals surface area contributed by atoms with E-state index in [9.17, 15) is 4.79 Å². The molecule has 1 saturated heterocycles. The lowest BCUT2D eigenvalue weighted by Crippen LogP contribution is -2.44. The molecule has 0 aromatic rings. The molecule has 4 nitrogen and oxygen atoms in total. The van der Waals surface area contributed by atoms with Crippen LogP contribution in [0.25, 0.3) is 0 Å². The topological polar surface area (TPSA) is 50.4 Å². The summed E-state index contributed by atoms with van der Waals surface area (Å²) in [7, 11) is 0. The van der Waals surface area contributed by atoms with E-state index in [1.807, 2.05) is 6.92 Å². The predicted molar refractivity (Wildman–Crippen MR) is 57.6 cm³/mol. The number of rotatable bonds is 2. The number of fused-ring (bicyclic) bond motifs is 1. The average Bonchev–Trinajstić information content (AvgIpc) is 2.67. The molecule has 0 spiro atoms. The van der Waals surface area contributed by atoms with Gasteiger partial charge in [0.15, 0.2) is 0 Å². The molecule has 3 atom stereocenters. The van der Waals surface area contributed by atoms with Gasteiger partial charge in [-0.3, -0.25) is 0 Å². The highest BCUT2D eigenvalue weighted by atomic mass is 16.5. The summed E-state index contributed by atoms with van der Waals surface area (Å²) in [5.74, 6) is 1.10. The van der Waals surface area contributed by atoms with Crippen LogP contribution in [0.3, 0.4) is 0 Å². The summed E-state index contributed by atoms with van der Waals surface area (Å²) >= 11 is 0. The third-order valence-electron chi connectivity index (χ3n) is 3.18. The van der Waals surface area contributed by atoms with Crippen molar-refractivity contribution in [3.8, 4) is 0 Å². The molecule has 1 fully saturated rings. The molecule has 0 aromatic carbocycles. The van der Waals surface area contributed by atoms with Gasteiger partial charge < -0.3 is 15.4 Å². The van der Waals surface area contributed by atoms with Crippen LogP contribution in [-0.2, 0) is 4.74 Å². The Morgan fingerprint density at radius 3 is 3.27 bits per heavy atom. The lowest BCUT2D eigenvalue weighted by Gasteiger charge is -2.29. The van der Waals surface area contributed by atoms with E-state index in [4.69, 9.17) is 4.74 Å². The summed E-state index contributed by atoms with van der Waals surface area (Å²) in [4.78, 5) is 11.3. The zero-order valence-electron chi connectivity index (χ0n) is 9.03. The number of carbonyl (C=O) groups excluding carboxylic acids is 1. The van der Waals surface area contributed by atoms with Crippen LogP contribution in [0.2, 0.25) is 0 Å². The predicted octanol–water partition coefficient (Wildman–Crippen LogP) is 0.897. The van der Waals surface area contributed by atoms with Crippen molar-refractivity contribution in [3.63, 3.8) is 0 Å². The third kappa shape index (κ3) is 2.31. The molecular weight excluding hydrogens is 192 g/mol. The highest BCUT2D eigenvalue weighted by molar-refractivity contribution is 5.67. The van der Waals surface area contributed by atoms with E-state index in [1.165, 1.54) is 0 Å². The zero-order chi connectivity index (χ0) is 10.7. The summed E-state index contributed by atoms with van der Waals surface area (Å²) in [5.41, 5.74) is 0. The minimum absolute atomic E-state index is 0.231. The first-order chi connectivity index (χ1) is 7.31. The van der Waals surface area contributed by atoms with Crippen molar-refractivity contribution in [1.82, 2.24) is 10.6 Å². The van der Waals surface area contributed by atoms with Crippen LogP contribution in [0.15, 0.2) is 12.2 Å². The van der Waals surface area contributed by atoms with Crippen molar-refractivity contribution in [1.29, 1.82) is 0 Å². The van der Waals surface area contributed by atoms with Crippen LogP contribution in [0.1, 0.15) is 13.3 Å². The highest BCUT2D eigenvalue weighted by Crippen LogP contribution is 2.27. The van der Waals surface area contributed by atoms with Crippen LogP contribution in [0, 0.1) is 11.8 Å². The number of hydrogen-bond donors (Lipinski definition) is 2.